The predicted octanol–water partition coefficient (Wildman–Crippen LogP) is 4.85. The maximum Gasteiger partial charge on any atom is 0.253 e. The van der Waals surface area contributed by atoms with Crippen LogP contribution in [0.5, 0.6) is 5.75 Å². The molecule has 1 amide bonds. The quantitative estimate of drug-likeness (QED) is 0.620. The highest BCUT2D eigenvalue weighted by Gasteiger charge is 2.10. The van der Waals surface area contributed by atoms with Crippen LogP contribution in [0.4, 0.5) is 11.4 Å². The highest BCUT2D eigenvalue weighted by Crippen LogP contribution is 2.28. The Labute approximate surface area is 165 Å². The number of carbonyl (C=O) groups is 1. The summed E-state index contributed by atoms with van der Waals surface area (Å²) in [4.78, 5) is 16.7. The number of nitrogens with zero attached hydrogens (tertiary/aromatic N) is 1. The average molecular weight is 375 g/mol. The van der Waals surface area contributed by atoms with Crippen molar-refractivity contribution in [1.29, 1.82) is 0 Å². The molecule has 0 radical (unpaired) electrons. The molecule has 0 saturated heterocycles. The van der Waals surface area contributed by atoms with Crippen molar-refractivity contribution in [3.63, 3.8) is 0 Å². The molecule has 0 fully saturated rings. The van der Waals surface area contributed by atoms with E-state index in [1.54, 1.807) is 18.5 Å². The van der Waals surface area contributed by atoms with E-state index in [2.05, 4.69) is 15.6 Å². The van der Waals surface area contributed by atoms with Crippen LogP contribution < -0.4 is 15.4 Å². The largest absolute Gasteiger partial charge is 0.489 e. The minimum absolute atomic E-state index is 0.0691. The van der Waals surface area contributed by atoms with Crippen LogP contribution in [0, 0.1) is 6.92 Å². The second kappa shape index (κ2) is 9.04. The second-order valence-corrected chi connectivity index (χ2v) is 6.86. The predicted molar refractivity (Wildman–Crippen MR) is 112 cm³/mol. The van der Waals surface area contributed by atoms with E-state index in [1.165, 1.54) is 0 Å². The van der Waals surface area contributed by atoms with Crippen LogP contribution in [-0.2, 0) is 6.54 Å². The lowest BCUT2D eigenvalue weighted by Gasteiger charge is -2.15. The standard InChI is InChI=1S/C23H25N3O2/c1-16(2)28-22-11-7-6-10-21(22)26-20-12-19(13-24-15-20)23(27)25-14-18-9-5-4-8-17(18)3/h4-13,15-16,26H,14H2,1-3H3,(H,25,27). The highest BCUT2D eigenvalue weighted by molar-refractivity contribution is 5.94. The van der Waals surface area contributed by atoms with E-state index in [0.717, 1.165) is 28.3 Å². The number of aryl methyl sites for hydroxylation is 1. The molecule has 0 aliphatic heterocycles. The first-order chi connectivity index (χ1) is 13.5. The summed E-state index contributed by atoms with van der Waals surface area (Å²) >= 11 is 0. The van der Waals surface area contributed by atoms with Gasteiger partial charge in [0.05, 0.1) is 29.2 Å². The van der Waals surface area contributed by atoms with Gasteiger partial charge in [-0.2, -0.15) is 0 Å². The fraction of sp³-hybridized carbons (Fsp3) is 0.217. The normalized spacial score (nSPS) is 10.6. The Morgan fingerprint density at radius 1 is 1.07 bits per heavy atom. The molecule has 5 nitrogen and oxygen atoms in total. The number of ether oxygens (including phenoxy) is 1. The molecule has 0 atom stereocenters. The lowest BCUT2D eigenvalue weighted by molar-refractivity contribution is 0.0950. The van der Waals surface area contributed by atoms with Gasteiger partial charge in [0.25, 0.3) is 5.91 Å². The molecule has 2 aromatic carbocycles. The lowest BCUT2D eigenvalue weighted by Crippen LogP contribution is -2.23. The molecule has 0 spiro atoms. The van der Waals surface area contributed by atoms with E-state index < -0.39 is 0 Å². The van der Waals surface area contributed by atoms with Crippen molar-refractivity contribution in [3.8, 4) is 5.75 Å². The summed E-state index contributed by atoms with van der Waals surface area (Å²) in [7, 11) is 0. The number of nitrogens with one attached hydrogen (secondary N) is 2. The van der Waals surface area contributed by atoms with E-state index in [4.69, 9.17) is 4.74 Å². The van der Waals surface area contributed by atoms with Gasteiger partial charge < -0.3 is 15.4 Å². The molecule has 2 N–H and O–H groups in total. The molecule has 0 saturated carbocycles. The van der Waals surface area contributed by atoms with Crippen LogP contribution >= 0.6 is 0 Å². The van der Waals surface area contributed by atoms with Crippen LogP contribution in [0.15, 0.2) is 67.0 Å². The van der Waals surface area contributed by atoms with Crippen molar-refractivity contribution in [1.82, 2.24) is 10.3 Å². The van der Waals surface area contributed by atoms with Gasteiger partial charge in [0, 0.05) is 12.7 Å². The molecule has 0 aliphatic carbocycles. The molecule has 3 rings (SSSR count). The van der Waals surface area contributed by atoms with Gasteiger partial charge in [0.2, 0.25) is 0 Å². The third kappa shape index (κ3) is 5.10. The van der Waals surface area contributed by atoms with E-state index >= 15 is 0 Å². The second-order valence-electron chi connectivity index (χ2n) is 6.86. The number of hydrogen-bond acceptors (Lipinski definition) is 4. The Kier molecular flexibility index (Phi) is 6.27. The Bertz CT molecular complexity index is 954. The number of hydrogen-bond donors (Lipinski definition) is 2. The van der Waals surface area contributed by atoms with Crippen LogP contribution in [-0.4, -0.2) is 17.0 Å². The smallest absolute Gasteiger partial charge is 0.253 e. The minimum Gasteiger partial charge on any atom is -0.489 e. The Hall–Kier alpha value is -3.34. The van der Waals surface area contributed by atoms with Crippen molar-refractivity contribution in [2.45, 2.75) is 33.4 Å². The van der Waals surface area contributed by atoms with Crippen LogP contribution in [0.3, 0.4) is 0 Å². The van der Waals surface area contributed by atoms with Crippen LogP contribution in [0.1, 0.15) is 35.3 Å². The molecule has 1 aromatic heterocycles. The maximum absolute atomic E-state index is 12.5. The van der Waals surface area contributed by atoms with Crippen molar-refractivity contribution < 1.29 is 9.53 Å². The molecule has 5 heteroatoms. The number of anilines is 2. The Morgan fingerprint density at radius 3 is 2.61 bits per heavy atom. The van der Waals surface area contributed by atoms with Crippen molar-refractivity contribution in [3.05, 3.63) is 83.7 Å². The van der Waals surface area contributed by atoms with Gasteiger partial charge in [0.15, 0.2) is 0 Å². The summed E-state index contributed by atoms with van der Waals surface area (Å²) in [6.07, 6.45) is 3.32. The molecule has 144 valence electrons. The fourth-order valence-corrected chi connectivity index (χ4v) is 2.80. The number of rotatable bonds is 7. The van der Waals surface area contributed by atoms with Crippen LogP contribution in [0.25, 0.3) is 0 Å². The number of amides is 1. The van der Waals surface area contributed by atoms with Crippen LogP contribution in [0.2, 0.25) is 0 Å². The molecular weight excluding hydrogens is 350 g/mol. The fourth-order valence-electron chi connectivity index (χ4n) is 2.80. The highest BCUT2D eigenvalue weighted by atomic mass is 16.5. The number of para-hydroxylation sites is 2. The summed E-state index contributed by atoms with van der Waals surface area (Å²) in [5.41, 5.74) is 4.30. The Balaban J connectivity index is 1.70. The number of pyridine rings is 1. The number of carbonyl (C=O) groups excluding carboxylic acids is 1. The first-order valence-electron chi connectivity index (χ1n) is 9.33. The molecular formula is C23H25N3O2. The van der Waals surface area contributed by atoms with Gasteiger partial charge in [-0.25, -0.2) is 0 Å². The van der Waals surface area contributed by atoms with Gasteiger partial charge in [-0.3, -0.25) is 9.78 Å². The van der Waals surface area contributed by atoms with Gasteiger partial charge in [-0.05, 0) is 50.1 Å². The number of aromatic nitrogens is 1. The first kappa shape index (κ1) is 19.4. The van der Waals surface area contributed by atoms with Crippen molar-refractivity contribution in [2.24, 2.45) is 0 Å². The summed E-state index contributed by atoms with van der Waals surface area (Å²) in [6, 6.07) is 17.5. The minimum atomic E-state index is -0.161. The van der Waals surface area contributed by atoms with E-state index in [-0.39, 0.29) is 12.0 Å². The van der Waals surface area contributed by atoms with Gasteiger partial charge in [-0.15, -0.1) is 0 Å². The van der Waals surface area contributed by atoms with Gasteiger partial charge in [0.1, 0.15) is 5.75 Å². The van der Waals surface area contributed by atoms with Gasteiger partial charge in [-0.1, -0.05) is 36.4 Å². The zero-order valence-electron chi connectivity index (χ0n) is 16.4. The third-order valence-electron chi connectivity index (χ3n) is 4.23. The summed E-state index contributed by atoms with van der Waals surface area (Å²) in [6.45, 7) is 6.48. The van der Waals surface area contributed by atoms with Crippen molar-refractivity contribution >= 4 is 17.3 Å². The van der Waals surface area contributed by atoms with Crippen molar-refractivity contribution in [2.75, 3.05) is 5.32 Å². The van der Waals surface area contributed by atoms with E-state index in [0.29, 0.717) is 12.1 Å². The molecule has 28 heavy (non-hydrogen) atoms. The molecule has 3 aromatic rings. The molecule has 0 bridgehead atoms. The number of benzene rings is 2. The average Bonchev–Trinajstić information content (AvgIpc) is 2.68. The maximum atomic E-state index is 12.5. The molecule has 0 aliphatic rings. The van der Waals surface area contributed by atoms with E-state index in [1.807, 2.05) is 69.3 Å². The first-order valence-corrected chi connectivity index (χ1v) is 9.33. The molecule has 1 heterocycles. The zero-order chi connectivity index (χ0) is 19.9. The third-order valence-corrected chi connectivity index (χ3v) is 4.23. The summed E-state index contributed by atoms with van der Waals surface area (Å²) in [5.74, 6) is 0.595. The molecule has 0 unspecified atom stereocenters. The lowest BCUT2D eigenvalue weighted by atomic mass is 10.1. The zero-order valence-corrected chi connectivity index (χ0v) is 16.4. The Morgan fingerprint density at radius 2 is 1.82 bits per heavy atom. The monoisotopic (exact) mass is 375 g/mol. The van der Waals surface area contributed by atoms with E-state index in [9.17, 15) is 4.79 Å². The SMILES string of the molecule is Cc1ccccc1CNC(=O)c1cncc(Nc2ccccc2OC(C)C)c1. The van der Waals surface area contributed by atoms with Gasteiger partial charge >= 0.3 is 0 Å². The topological polar surface area (TPSA) is 63.2 Å². The summed E-state index contributed by atoms with van der Waals surface area (Å²) in [5, 5.41) is 6.24. The summed E-state index contributed by atoms with van der Waals surface area (Å²) < 4.78 is 5.83.